The maximum Gasteiger partial charge on any atom is 0.0674 e. The Balaban J connectivity index is 1.53. The fourth-order valence-electron chi connectivity index (χ4n) is 4.41. The average Bonchev–Trinajstić information content (AvgIpc) is 3.04. The fraction of sp³-hybridized carbons (Fsp3) is 0.269. The lowest BCUT2D eigenvalue weighted by Gasteiger charge is -2.23. The van der Waals surface area contributed by atoms with Gasteiger partial charge in [0.05, 0.1) is 11.4 Å². The maximum atomic E-state index is 4.81. The van der Waals surface area contributed by atoms with Crippen LogP contribution in [-0.4, -0.2) is 12.8 Å². The summed E-state index contributed by atoms with van der Waals surface area (Å²) in [6, 6.07) is 17.1. The van der Waals surface area contributed by atoms with Crippen LogP contribution >= 0.6 is 0 Å². The highest BCUT2D eigenvalue weighted by atomic mass is 15.2. The van der Waals surface area contributed by atoms with Crippen molar-refractivity contribution in [2.75, 3.05) is 11.9 Å². The number of anilines is 1. The number of fused-ring (bicyclic) bond motifs is 2. The predicted octanol–water partition coefficient (Wildman–Crippen LogP) is 6.47. The first-order valence-electron chi connectivity index (χ1n) is 9.91. The molecule has 0 spiro atoms. The largest absolute Gasteiger partial charge is 0.347 e. The van der Waals surface area contributed by atoms with E-state index in [0.717, 1.165) is 11.4 Å². The molecule has 0 aromatic heterocycles. The molecule has 0 fully saturated rings. The summed E-state index contributed by atoms with van der Waals surface area (Å²) in [5.41, 5.74) is 7.45. The molecular weight excluding hydrogens is 340 g/mol. The van der Waals surface area contributed by atoms with Gasteiger partial charge in [-0.05, 0) is 35.4 Å². The summed E-state index contributed by atoms with van der Waals surface area (Å²) < 4.78 is 0. The van der Waals surface area contributed by atoms with E-state index in [9.17, 15) is 0 Å². The molecule has 2 aromatic rings. The molecule has 142 valence electrons. The molecule has 0 radical (unpaired) electrons. The maximum absolute atomic E-state index is 4.81. The number of hydrogen-bond donors (Lipinski definition) is 0. The van der Waals surface area contributed by atoms with Crippen LogP contribution in [0.4, 0.5) is 11.4 Å². The molecule has 0 N–H and O–H groups in total. The molecule has 2 aliphatic heterocycles. The van der Waals surface area contributed by atoms with Crippen LogP contribution in [0, 0.1) is 0 Å². The van der Waals surface area contributed by atoms with Gasteiger partial charge in [0.15, 0.2) is 0 Å². The number of para-hydroxylation sites is 2. The second-order valence-electron chi connectivity index (χ2n) is 8.64. The lowest BCUT2D eigenvalue weighted by Crippen LogP contribution is -2.23. The van der Waals surface area contributed by atoms with Crippen molar-refractivity contribution in [1.29, 1.82) is 0 Å². The van der Waals surface area contributed by atoms with Crippen LogP contribution in [0.2, 0.25) is 0 Å². The van der Waals surface area contributed by atoms with E-state index in [4.69, 9.17) is 4.99 Å². The van der Waals surface area contributed by atoms with Gasteiger partial charge in [-0.25, -0.2) is 0 Å². The van der Waals surface area contributed by atoms with Crippen LogP contribution < -0.4 is 4.90 Å². The number of aliphatic imine (C=N–C) groups is 1. The number of nitrogens with zero attached hydrogens (tertiary/aromatic N) is 2. The summed E-state index contributed by atoms with van der Waals surface area (Å²) in [6.07, 6.45) is 10.7. The van der Waals surface area contributed by atoms with E-state index in [-0.39, 0.29) is 10.8 Å². The van der Waals surface area contributed by atoms with Crippen molar-refractivity contribution in [2.24, 2.45) is 4.99 Å². The van der Waals surface area contributed by atoms with Gasteiger partial charge in [0, 0.05) is 29.3 Å². The average molecular weight is 369 g/mol. The zero-order chi connectivity index (χ0) is 19.9. The highest BCUT2D eigenvalue weighted by Gasteiger charge is 2.37. The molecule has 2 aliphatic rings. The molecule has 0 bridgehead atoms. The fourth-order valence-corrected chi connectivity index (χ4v) is 4.41. The molecule has 4 rings (SSSR count). The monoisotopic (exact) mass is 368 g/mol. The minimum Gasteiger partial charge on any atom is -0.347 e. The first-order chi connectivity index (χ1) is 13.3. The summed E-state index contributed by atoms with van der Waals surface area (Å²) in [4.78, 5) is 7.11. The second kappa shape index (κ2) is 6.63. The molecule has 0 saturated carbocycles. The normalized spacial score (nSPS) is 20.8. The molecule has 2 heteroatoms. The third-order valence-electron chi connectivity index (χ3n) is 6.13. The van der Waals surface area contributed by atoms with Gasteiger partial charge in [-0.2, -0.15) is 0 Å². The summed E-state index contributed by atoms with van der Waals surface area (Å²) in [5.74, 6) is 0. The topological polar surface area (TPSA) is 15.6 Å². The van der Waals surface area contributed by atoms with E-state index < -0.39 is 0 Å². The summed E-state index contributed by atoms with van der Waals surface area (Å²) in [7, 11) is 2.15. The summed E-state index contributed by atoms with van der Waals surface area (Å²) in [6.45, 7) is 9.05. The summed E-state index contributed by atoms with van der Waals surface area (Å²) >= 11 is 0. The Kier molecular flexibility index (Phi) is 4.38. The number of allylic oxidation sites excluding steroid dienone is 6. The van der Waals surface area contributed by atoms with Gasteiger partial charge in [0.2, 0.25) is 0 Å². The highest BCUT2D eigenvalue weighted by Crippen LogP contribution is 2.46. The molecule has 28 heavy (non-hydrogen) atoms. The number of hydrogen-bond acceptors (Lipinski definition) is 2. The van der Waals surface area contributed by atoms with Gasteiger partial charge in [-0.1, -0.05) is 82.3 Å². The molecule has 0 saturated heterocycles. The number of likely N-dealkylation sites (N-methyl/N-ethyl adjacent to an activating group) is 1. The quantitative estimate of drug-likeness (QED) is 0.567. The van der Waals surface area contributed by atoms with Crippen LogP contribution in [0.25, 0.3) is 0 Å². The SMILES string of the molecule is CN1\C(=C/C=C/C=C/C2=Nc3ccccc3C2(C)C)C(C)(C)c2ccccc21. The highest BCUT2D eigenvalue weighted by molar-refractivity contribution is 6.08. The molecule has 0 aliphatic carbocycles. The van der Waals surface area contributed by atoms with Crippen molar-refractivity contribution in [1.82, 2.24) is 0 Å². The van der Waals surface area contributed by atoms with Gasteiger partial charge in [-0.3, -0.25) is 4.99 Å². The van der Waals surface area contributed by atoms with Crippen LogP contribution in [0.1, 0.15) is 38.8 Å². The smallest absolute Gasteiger partial charge is 0.0674 e. The number of benzene rings is 2. The van der Waals surface area contributed by atoms with Gasteiger partial charge in [0.1, 0.15) is 0 Å². The Labute approximate surface area is 168 Å². The Morgan fingerprint density at radius 1 is 0.786 bits per heavy atom. The van der Waals surface area contributed by atoms with Crippen molar-refractivity contribution in [3.63, 3.8) is 0 Å². The lowest BCUT2D eigenvalue weighted by molar-refractivity contribution is 0.640. The van der Waals surface area contributed by atoms with Gasteiger partial charge >= 0.3 is 0 Å². The molecule has 0 amide bonds. The van der Waals surface area contributed by atoms with Crippen LogP contribution in [0.5, 0.6) is 0 Å². The number of rotatable bonds is 3. The Morgan fingerprint density at radius 3 is 2.18 bits per heavy atom. The molecule has 2 nitrogen and oxygen atoms in total. The Bertz CT molecular complexity index is 1030. The first kappa shape index (κ1) is 18.5. The van der Waals surface area contributed by atoms with Crippen LogP contribution in [0.15, 0.2) is 89.6 Å². The zero-order valence-corrected chi connectivity index (χ0v) is 17.4. The molecule has 0 unspecified atom stereocenters. The van der Waals surface area contributed by atoms with Crippen LogP contribution in [0.3, 0.4) is 0 Å². The zero-order valence-electron chi connectivity index (χ0n) is 17.4. The third-order valence-corrected chi connectivity index (χ3v) is 6.13. The lowest BCUT2D eigenvalue weighted by atomic mass is 9.81. The van der Waals surface area contributed by atoms with Crippen molar-refractivity contribution in [2.45, 2.75) is 38.5 Å². The first-order valence-corrected chi connectivity index (χ1v) is 9.91. The van der Waals surface area contributed by atoms with Crippen molar-refractivity contribution in [3.8, 4) is 0 Å². The van der Waals surface area contributed by atoms with Crippen molar-refractivity contribution >= 4 is 17.1 Å². The predicted molar refractivity (Wildman–Crippen MR) is 121 cm³/mol. The van der Waals surface area contributed by atoms with Crippen LogP contribution in [-0.2, 0) is 10.8 Å². The van der Waals surface area contributed by atoms with Gasteiger partial charge in [-0.15, -0.1) is 0 Å². The van der Waals surface area contributed by atoms with E-state index in [1.807, 2.05) is 0 Å². The van der Waals surface area contributed by atoms with E-state index in [0.29, 0.717) is 0 Å². The Hall–Kier alpha value is -2.87. The molecular formula is C26H28N2. The van der Waals surface area contributed by atoms with Crippen molar-refractivity contribution in [3.05, 3.63) is 95.7 Å². The van der Waals surface area contributed by atoms with E-state index in [1.165, 1.54) is 22.5 Å². The van der Waals surface area contributed by atoms with Gasteiger partial charge in [0.25, 0.3) is 0 Å². The molecule has 2 aromatic carbocycles. The van der Waals surface area contributed by atoms with E-state index >= 15 is 0 Å². The molecule has 0 atom stereocenters. The standard InChI is InChI=1S/C26H28N2/c1-25(2)19-13-9-11-15-21(19)27-23(25)17-7-6-8-18-24-26(3,4)20-14-10-12-16-22(20)28(24)5/h6-18H,1-5H3/b8-6+,17-7+,24-18-. The summed E-state index contributed by atoms with van der Waals surface area (Å²) in [5, 5.41) is 0. The molecule has 2 heterocycles. The minimum atomic E-state index is -0.0469. The van der Waals surface area contributed by atoms with Crippen molar-refractivity contribution < 1.29 is 0 Å². The Morgan fingerprint density at radius 2 is 1.46 bits per heavy atom. The van der Waals surface area contributed by atoms with E-state index in [1.54, 1.807) is 0 Å². The second-order valence-corrected chi connectivity index (χ2v) is 8.64. The van der Waals surface area contributed by atoms with E-state index in [2.05, 4.69) is 119 Å². The minimum absolute atomic E-state index is 0.0125. The third kappa shape index (κ3) is 2.84. The van der Waals surface area contributed by atoms with Gasteiger partial charge < -0.3 is 4.90 Å².